The van der Waals surface area contributed by atoms with Gasteiger partial charge >= 0.3 is 6.09 Å². The van der Waals surface area contributed by atoms with Crippen molar-refractivity contribution in [2.45, 2.75) is 51.8 Å². The molecule has 2 aliphatic rings. The maximum absolute atomic E-state index is 12.9. The Bertz CT molecular complexity index is 1070. The first-order valence-corrected chi connectivity index (χ1v) is 9.69. The monoisotopic (exact) mass is 410 g/mol. The van der Waals surface area contributed by atoms with Crippen LogP contribution in [0, 0.1) is 0 Å². The Morgan fingerprint density at radius 1 is 1.20 bits per heavy atom. The van der Waals surface area contributed by atoms with Gasteiger partial charge in [0.05, 0.1) is 6.20 Å². The van der Waals surface area contributed by atoms with Crippen LogP contribution in [0.4, 0.5) is 4.79 Å². The van der Waals surface area contributed by atoms with Crippen LogP contribution in [-0.4, -0.2) is 50.1 Å². The molecular weight excluding hydrogens is 388 g/mol. The van der Waals surface area contributed by atoms with Crippen LogP contribution >= 0.6 is 0 Å². The molecule has 1 aromatic heterocycles. The number of nitrogens with zero attached hydrogens (tertiary/aromatic N) is 3. The van der Waals surface area contributed by atoms with Crippen LogP contribution in [0.3, 0.4) is 0 Å². The molecule has 2 aromatic rings. The molecule has 3 heterocycles. The van der Waals surface area contributed by atoms with Crippen molar-refractivity contribution in [2.75, 3.05) is 0 Å². The van der Waals surface area contributed by atoms with E-state index in [-0.39, 0.29) is 24.8 Å². The second-order valence-electron chi connectivity index (χ2n) is 8.39. The van der Waals surface area contributed by atoms with Gasteiger partial charge in [-0.25, -0.2) is 4.79 Å². The highest BCUT2D eigenvalue weighted by atomic mass is 16.6. The van der Waals surface area contributed by atoms with Crippen molar-refractivity contribution >= 4 is 23.8 Å². The molecule has 0 aliphatic carbocycles. The van der Waals surface area contributed by atoms with Gasteiger partial charge < -0.3 is 9.64 Å². The van der Waals surface area contributed by atoms with Gasteiger partial charge in [0.25, 0.3) is 5.91 Å². The van der Waals surface area contributed by atoms with E-state index in [1.807, 2.05) is 6.07 Å². The normalized spacial score (nSPS) is 19.0. The highest BCUT2D eigenvalue weighted by Crippen LogP contribution is 2.34. The van der Waals surface area contributed by atoms with Crippen molar-refractivity contribution in [1.29, 1.82) is 0 Å². The van der Waals surface area contributed by atoms with Crippen LogP contribution < -0.4 is 5.32 Å². The lowest BCUT2D eigenvalue weighted by atomic mass is 9.99. The van der Waals surface area contributed by atoms with E-state index in [0.717, 1.165) is 15.8 Å². The van der Waals surface area contributed by atoms with E-state index < -0.39 is 23.6 Å². The highest BCUT2D eigenvalue weighted by molar-refractivity contribution is 6.06. The summed E-state index contributed by atoms with van der Waals surface area (Å²) in [5.41, 5.74) is 2.03. The second-order valence-corrected chi connectivity index (χ2v) is 8.39. The zero-order chi connectivity index (χ0) is 21.6. The first kappa shape index (κ1) is 19.8. The van der Waals surface area contributed by atoms with E-state index in [0.29, 0.717) is 17.5 Å². The molecule has 0 bridgehead atoms. The van der Waals surface area contributed by atoms with Crippen molar-refractivity contribution in [2.24, 2.45) is 0 Å². The fraction of sp³-hybridized carbons (Fsp3) is 0.381. The molecule has 1 fully saturated rings. The molecule has 0 radical (unpaired) electrons. The summed E-state index contributed by atoms with van der Waals surface area (Å²) in [4.78, 5) is 50.4. The molecule has 1 unspecified atom stereocenters. The number of piperidine rings is 1. The number of carbonyl (C=O) groups excluding carboxylic acids is 4. The number of imide groups is 1. The average molecular weight is 410 g/mol. The average Bonchev–Trinajstić information content (AvgIpc) is 3.26. The van der Waals surface area contributed by atoms with E-state index >= 15 is 0 Å². The molecule has 156 valence electrons. The molecule has 9 nitrogen and oxygen atoms in total. The maximum Gasteiger partial charge on any atom is 0.435 e. The summed E-state index contributed by atoms with van der Waals surface area (Å²) < 4.78 is 6.45. The number of rotatable bonds is 2. The van der Waals surface area contributed by atoms with Crippen molar-refractivity contribution in [3.05, 3.63) is 41.7 Å². The maximum atomic E-state index is 12.9. The summed E-state index contributed by atoms with van der Waals surface area (Å²) in [6, 6.07) is 4.63. The number of hydrogen-bond donors (Lipinski definition) is 1. The van der Waals surface area contributed by atoms with E-state index in [9.17, 15) is 19.2 Å². The Labute approximate surface area is 173 Å². The SMILES string of the molecule is CC(C)(C)OC(=O)n1cc(-c2cccc3c2CN(C2CCC(=O)NC2=O)C3=O)cn1. The van der Waals surface area contributed by atoms with Crippen molar-refractivity contribution in [3.63, 3.8) is 0 Å². The number of fused-ring (bicyclic) bond motifs is 1. The van der Waals surface area contributed by atoms with Gasteiger partial charge in [0.15, 0.2) is 0 Å². The third kappa shape index (κ3) is 3.58. The molecule has 30 heavy (non-hydrogen) atoms. The molecule has 1 saturated heterocycles. The lowest BCUT2D eigenvalue weighted by Gasteiger charge is -2.29. The molecule has 1 atom stereocenters. The number of nitrogens with one attached hydrogen (secondary N) is 1. The quantitative estimate of drug-likeness (QED) is 0.759. The summed E-state index contributed by atoms with van der Waals surface area (Å²) in [7, 11) is 0. The summed E-state index contributed by atoms with van der Waals surface area (Å²) in [5.74, 6) is -1.02. The van der Waals surface area contributed by atoms with Crippen molar-refractivity contribution in [3.8, 4) is 11.1 Å². The van der Waals surface area contributed by atoms with Gasteiger partial charge in [0.2, 0.25) is 11.8 Å². The lowest BCUT2D eigenvalue weighted by molar-refractivity contribution is -0.136. The van der Waals surface area contributed by atoms with E-state index in [2.05, 4.69) is 10.4 Å². The van der Waals surface area contributed by atoms with E-state index in [1.54, 1.807) is 45.3 Å². The lowest BCUT2D eigenvalue weighted by Crippen LogP contribution is -2.52. The number of carbonyl (C=O) groups is 4. The third-order valence-electron chi connectivity index (χ3n) is 5.06. The Balaban J connectivity index is 1.62. The van der Waals surface area contributed by atoms with Gasteiger partial charge in [-0.1, -0.05) is 12.1 Å². The molecule has 0 spiro atoms. The molecule has 2 aliphatic heterocycles. The fourth-order valence-corrected chi connectivity index (χ4v) is 3.73. The third-order valence-corrected chi connectivity index (χ3v) is 5.06. The van der Waals surface area contributed by atoms with E-state index in [4.69, 9.17) is 4.74 Å². The van der Waals surface area contributed by atoms with Gasteiger partial charge in [0.1, 0.15) is 11.6 Å². The molecule has 1 N–H and O–H groups in total. The summed E-state index contributed by atoms with van der Waals surface area (Å²) in [6.45, 7) is 5.56. The zero-order valence-corrected chi connectivity index (χ0v) is 17.0. The number of aromatic nitrogens is 2. The van der Waals surface area contributed by atoms with Crippen LogP contribution in [-0.2, 0) is 20.9 Å². The number of ether oxygens (including phenoxy) is 1. The topological polar surface area (TPSA) is 111 Å². The smallest absolute Gasteiger partial charge is 0.435 e. The standard InChI is InChI=1S/C21H22N4O5/c1-21(2,3)30-20(29)25-10-12(9-22-25)13-5-4-6-14-15(13)11-24(19(14)28)16-7-8-17(26)23-18(16)27/h4-6,9-10,16H,7-8,11H2,1-3H3,(H,23,26,27). The van der Waals surface area contributed by atoms with Gasteiger partial charge in [-0.2, -0.15) is 9.78 Å². The van der Waals surface area contributed by atoms with Gasteiger partial charge in [0, 0.05) is 30.3 Å². The van der Waals surface area contributed by atoms with E-state index in [1.165, 1.54) is 4.90 Å². The summed E-state index contributed by atoms with van der Waals surface area (Å²) in [5, 5.41) is 6.39. The Morgan fingerprint density at radius 3 is 2.63 bits per heavy atom. The van der Waals surface area contributed by atoms with Crippen molar-refractivity contribution in [1.82, 2.24) is 20.0 Å². The minimum atomic E-state index is -0.681. The molecule has 4 rings (SSSR count). The van der Waals surface area contributed by atoms with Crippen LogP contribution in [0.15, 0.2) is 30.6 Å². The first-order chi connectivity index (χ1) is 14.1. The Morgan fingerprint density at radius 2 is 1.93 bits per heavy atom. The minimum Gasteiger partial charge on any atom is -0.442 e. The van der Waals surface area contributed by atoms with Crippen LogP contribution in [0.1, 0.15) is 49.5 Å². The molecule has 9 heteroatoms. The first-order valence-electron chi connectivity index (χ1n) is 9.69. The van der Waals surface area contributed by atoms with Gasteiger partial charge in [-0.3, -0.25) is 19.7 Å². The van der Waals surface area contributed by atoms with Crippen LogP contribution in [0.2, 0.25) is 0 Å². The highest BCUT2D eigenvalue weighted by Gasteiger charge is 2.40. The second kappa shape index (κ2) is 7.08. The van der Waals surface area contributed by atoms with Crippen molar-refractivity contribution < 1.29 is 23.9 Å². The largest absolute Gasteiger partial charge is 0.442 e. The molecule has 0 saturated carbocycles. The Kier molecular flexibility index (Phi) is 4.68. The zero-order valence-electron chi connectivity index (χ0n) is 17.0. The Hall–Kier alpha value is -3.49. The number of hydrogen-bond acceptors (Lipinski definition) is 6. The molecule has 3 amide bonds. The molecular formula is C21H22N4O5. The van der Waals surface area contributed by atoms with Gasteiger partial charge in [-0.05, 0) is 44.4 Å². The molecule has 1 aromatic carbocycles. The number of benzene rings is 1. The van der Waals surface area contributed by atoms with Gasteiger partial charge in [-0.15, -0.1) is 0 Å². The van der Waals surface area contributed by atoms with Crippen LogP contribution in [0.5, 0.6) is 0 Å². The predicted molar refractivity (Wildman–Crippen MR) is 105 cm³/mol. The predicted octanol–water partition coefficient (Wildman–Crippen LogP) is 2.09. The van der Waals surface area contributed by atoms with Crippen LogP contribution in [0.25, 0.3) is 11.1 Å². The minimum absolute atomic E-state index is 0.200. The number of amides is 3. The summed E-state index contributed by atoms with van der Waals surface area (Å²) >= 11 is 0. The fourth-order valence-electron chi connectivity index (χ4n) is 3.73. The summed E-state index contributed by atoms with van der Waals surface area (Å²) in [6.07, 6.45) is 3.01.